The minimum absolute atomic E-state index is 0.189. The first-order valence-corrected chi connectivity index (χ1v) is 10.2. The molecule has 166 valence electrons. The van der Waals surface area contributed by atoms with E-state index >= 15 is 0 Å². The molecule has 0 fully saturated rings. The molecule has 11 heteroatoms. The van der Waals surface area contributed by atoms with Crippen LogP contribution in [0, 0.1) is 0 Å². The zero-order valence-corrected chi connectivity index (χ0v) is 17.6. The number of methoxy groups -OCH3 is 1. The normalized spacial score (nSPS) is 12.8. The number of halogens is 3. The number of nitrogens with zero attached hydrogens (tertiary/aromatic N) is 2. The number of esters is 1. The summed E-state index contributed by atoms with van der Waals surface area (Å²) < 4.78 is 47.3. The molecule has 32 heavy (non-hydrogen) atoms. The molecule has 0 aliphatic rings. The smallest absolute Gasteiger partial charge is 0.468 e. The van der Waals surface area contributed by atoms with Gasteiger partial charge in [-0.2, -0.15) is 0 Å². The van der Waals surface area contributed by atoms with Gasteiger partial charge >= 0.3 is 12.3 Å². The van der Waals surface area contributed by atoms with E-state index in [1.165, 1.54) is 23.8 Å². The van der Waals surface area contributed by atoms with Crippen LogP contribution in [0.5, 0.6) is 5.75 Å². The van der Waals surface area contributed by atoms with E-state index in [9.17, 15) is 22.8 Å². The third-order valence-electron chi connectivity index (χ3n) is 4.64. The number of thioether (sulfide) groups is 1. The van der Waals surface area contributed by atoms with Gasteiger partial charge in [0.25, 0.3) is 5.56 Å². The Labute approximate surface area is 183 Å². The molecular weight excluding hydrogens is 447 g/mol. The summed E-state index contributed by atoms with van der Waals surface area (Å²) in [6, 6.07) is 12.1. The van der Waals surface area contributed by atoms with E-state index in [1.54, 1.807) is 13.0 Å². The van der Waals surface area contributed by atoms with Gasteiger partial charge < -0.3 is 14.5 Å². The van der Waals surface area contributed by atoms with Crippen LogP contribution in [-0.4, -0.2) is 39.2 Å². The first-order chi connectivity index (χ1) is 15.2. The van der Waals surface area contributed by atoms with Crippen molar-refractivity contribution in [1.82, 2.24) is 14.5 Å². The lowest BCUT2D eigenvalue weighted by molar-refractivity contribution is -0.274. The van der Waals surface area contributed by atoms with Crippen LogP contribution in [0.1, 0.15) is 6.92 Å². The van der Waals surface area contributed by atoms with Gasteiger partial charge in [-0.05, 0) is 37.3 Å². The number of aromatic nitrogens is 3. The second-order valence-electron chi connectivity index (χ2n) is 6.75. The molecule has 0 saturated carbocycles. The maximum atomic E-state index is 13.4. The third kappa shape index (κ3) is 4.15. The zero-order valence-electron chi connectivity index (χ0n) is 16.8. The van der Waals surface area contributed by atoms with Gasteiger partial charge in [0.15, 0.2) is 5.16 Å². The molecule has 0 saturated heterocycles. The average Bonchev–Trinajstić information content (AvgIpc) is 3.12. The lowest BCUT2D eigenvalue weighted by Gasteiger charge is -2.15. The first-order valence-electron chi connectivity index (χ1n) is 9.32. The van der Waals surface area contributed by atoms with Crippen LogP contribution in [0.4, 0.5) is 13.2 Å². The van der Waals surface area contributed by atoms with Crippen LogP contribution in [0.25, 0.3) is 27.6 Å². The van der Waals surface area contributed by atoms with E-state index in [-0.39, 0.29) is 16.4 Å². The van der Waals surface area contributed by atoms with E-state index in [2.05, 4.69) is 14.7 Å². The highest BCUT2D eigenvalue weighted by Gasteiger charge is 2.31. The van der Waals surface area contributed by atoms with Gasteiger partial charge in [-0.15, -0.1) is 13.2 Å². The molecule has 1 atom stereocenters. The highest BCUT2D eigenvalue weighted by atomic mass is 32.2. The van der Waals surface area contributed by atoms with E-state index in [0.29, 0.717) is 11.0 Å². The zero-order chi connectivity index (χ0) is 23.0. The molecule has 7 nitrogen and oxygen atoms in total. The van der Waals surface area contributed by atoms with Crippen molar-refractivity contribution in [2.24, 2.45) is 0 Å². The number of carbonyl (C=O) groups is 1. The Hall–Kier alpha value is -3.47. The van der Waals surface area contributed by atoms with Crippen molar-refractivity contribution in [3.8, 4) is 11.4 Å². The van der Waals surface area contributed by atoms with E-state index < -0.39 is 28.9 Å². The van der Waals surface area contributed by atoms with Crippen LogP contribution in [0.3, 0.4) is 0 Å². The molecule has 0 spiro atoms. The largest absolute Gasteiger partial charge is 0.573 e. The van der Waals surface area contributed by atoms with Crippen molar-refractivity contribution < 1.29 is 27.4 Å². The summed E-state index contributed by atoms with van der Waals surface area (Å²) in [7, 11) is 1.25. The number of aromatic amines is 1. The van der Waals surface area contributed by atoms with Gasteiger partial charge in [-0.25, -0.2) is 4.98 Å². The fourth-order valence-corrected chi connectivity index (χ4v) is 4.16. The van der Waals surface area contributed by atoms with Gasteiger partial charge in [0.05, 0.1) is 12.8 Å². The number of fused-ring (bicyclic) bond motifs is 3. The number of alkyl halides is 3. The second-order valence-corrected chi connectivity index (χ2v) is 8.06. The highest BCUT2D eigenvalue weighted by Crippen LogP contribution is 2.30. The molecule has 2 aromatic heterocycles. The monoisotopic (exact) mass is 463 g/mol. The van der Waals surface area contributed by atoms with Gasteiger partial charge in [0.2, 0.25) is 0 Å². The number of rotatable bonds is 5. The molecule has 0 radical (unpaired) electrons. The lowest BCUT2D eigenvalue weighted by Crippen LogP contribution is -2.24. The standard InChI is InChI=1S/C21H16F3N3O4S/c1-11(19(29)30-2)32-20-26-16-14-5-3-4-6-15(14)25-17(16)18(28)27(20)12-7-9-13(10-8-12)31-21(22,23)24/h3-11,25H,1-2H3/t11-/m1/s1. The van der Waals surface area contributed by atoms with Crippen molar-refractivity contribution in [2.75, 3.05) is 7.11 Å². The summed E-state index contributed by atoms with van der Waals surface area (Å²) in [5.41, 5.74) is 1.17. The molecule has 0 aliphatic heterocycles. The minimum atomic E-state index is -4.83. The van der Waals surface area contributed by atoms with Crippen LogP contribution in [0.15, 0.2) is 58.5 Å². The predicted molar refractivity (Wildman–Crippen MR) is 113 cm³/mol. The Morgan fingerprint density at radius 2 is 1.84 bits per heavy atom. The number of nitrogens with one attached hydrogen (secondary N) is 1. The summed E-state index contributed by atoms with van der Waals surface area (Å²) >= 11 is 1.01. The molecule has 4 aromatic rings. The molecular formula is C21H16F3N3O4S. The molecule has 2 heterocycles. The maximum Gasteiger partial charge on any atom is 0.573 e. The van der Waals surface area contributed by atoms with Gasteiger partial charge in [0.1, 0.15) is 22.0 Å². The van der Waals surface area contributed by atoms with Gasteiger partial charge in [-0.1, -0.05) is 30.0 Å². The van der Waals surface area contributed by atoms with E-state index in [0.717, 1.165) is 29.3 Å². The molecule has 0 bridgehead atoms. The first kappa shape index (κ1) is 21.8. The Morgan fingerprint density at radius 1 is 1.16 bits per heavy atom. The topological polar surface area (TPSA) is 86.2 Å². The summed E-state index contributed by atoms with van der Waals surface area (Å²) in [4.78, 5) is 33.0. The highest BCUT2D eigenvalue weighted by molar-refractivity contribution is 8.00. The van der Waals surface area contributed by atoms with Crippen LogP contribution in [-0.2, 0) is 9.53 Å². The van der Waals surface area contributed by atoms with Crippen LogP contribution >= 0.6 is 11.8 Å². The fourth-order valence-electron chi connectivity index (χ4n) is 3.22. The number of carbonyl (C=O) groups excluding carboxylic acids is 1. The fraction of sp³-hybridized carbons (Fsp3) is 0.190. The summed E-state index contributed by atoms with van der Waals surface area (Å²) in [5, 5.41) is 0.233. The summed E-state index contributed by atoms with van der Waals surface area (Å²) in [6.45, 7) is 1.60. The number of benzene rings is 2. The molecule has 0 amide bonds. The van der Waals surface area contributed by atoms with E-state index in [1.807, 2.05) is 18.2 Å². The number of hydrogen-bond donors (Lipinski definition) is 1. The van der Waals surface area contributed by atoms with Crippen molar-refractivity contribution in [2.45, 2.75) is 23.7 Å². The SMILES string of the molecule is COC(=O)[C@@H](C)Sc1nc2c([nH]c3ccccc32)c(=O)n1-c1ccc(OC(F)(F)F)cc1. The van der Waals surface area contributed by atoms with Crippen molar-refractivity contribution in [3.63, 3.8) is 0 Å². The minimum Gasteiger partial charge on any atom is -0.468 e. The molecule has 4 rings (SSSR count). The molecule has 1 N–H and O–H groups in total. The Morgan fingerprint density at radius 3 is 2.50 bits per heavy atom. The van der Waals surface area contributed by atoms with Crippen LogP contribution in [0.2, 0.25) is 0 Å². The van der Waals surface area contributed by atoms with Crippen LogP contribution < -0.4 is 10.3 Å². The van der Waals surface area contributed by atoms with Crippen molar-refractivity contribution in [1.29, 1.82) is 0 Å². The maximum absolute atomic E-state index is 13.4. The second kappa shape index (κ2) is 8.23. The van der Waals surface area contributed by atoms with Crippen molar-refractivity contribution in [3.05, 3.63) is 58.9 Å². The average molecular weight is 463 g/mol. The van der Waals surface area contributed by atoms with Crippen molar-refractivity contribution >= 4 is 39.7 Å². The number of hydrogen-bond acceptors (Lipinski definition) is 6. The molecule has 0 unspecified atom stereocenters. The number of para-hydroxylation sites is 1. The molecule has 2 aromatic carbocycles. The lowest BCUT2D eigenvalue weighted by atomic mass is 10.2. The van der Waals surface area contributed by atoms with Gasteiger partial charge in [0, 0.05) is 10.9 Å². The quantitative estimate of drug-likeness (QED) is 0.268. The van der Waals surface area contributed by atoms with Gasteiger partial charge in [-0.3, -0.25) is 14.2 Å². The predicted octanol–water partition coefficient (Wildman–Crippen LogP) is 4.42. The Kier molecular flexibility index (Phi) is 5.59. The summed E-state index contributed by atoms with van der Waals surface area (Å²) in [5.74, 6) is -0.935. The Bertz CT molecular complexity index is 1360. The Balaban J connectivity index is 1.90. The summed E-state index contributed by atoms with van der Waals surface area (Å²) in [6.07, 6.45) is -4.83. The third-order valence-corrected chi connectivity index (χ3v) is 5.67. The van der Waals surface area contributed by atoms with E-state index in [4.69, 9.17) is 4.74 Å². The molecule has 0 aliphatic carbocycles. The number of H-pyrrole nitrogens is 1. The number of ether oxygens (including phenoxy) is 2.